The third-order valence-corrected chi connectivity index (χ3v) is 5.59. The van der Waals surface area contributed by atoms with E-state index in [1.54, 1.807) is 0 Å². The number of nitrogens with one attached hydrogen (secondary N) is 2. The fraction of sp³-hybridized carbons (Fsp3) is 0.542. The minimum atomic E-state index is -0.120. The van der Waals surface area contributed by atoms with Crippen LogP contribution in [0.25, 0.3) is 11.4 Å². The molecule has 1 amide bonds. The smallest absolute Gasteiger partial charge is 0.254 e. The third kappa shape index (κ3) is 5.94. The van der Waals surface area contributed by atoms with E-state index in [1.807, 2.05) is 39.0 Å². The van der Waals surface area contributed by atoms with Gasteiger partial charge >= 0.3 is 0 Å². The summed E-state index contributed by atoms with van der Waals surface area (Å²) in [6.07, 6.45) is 5.71. The number of aromatic nitrogens is 2. The summed E-state index contributed by atoms with van der Waals surface area (Å²) < 4.78 is 5.91. The predicted molar refractivity (Wildman–Crippen MR) is 124 cm³/mol. The van der Waals surface area contributed by atoms with Crippen LogP contribution in [0.4, 0.5) is 5.69 Å². The van der Waals surface area contributed by atoms with Gasteiger partial charge in [-0.25, -0.2) is 4.98 Å². The van der Waals surface area contributed by atoms with Crippen molar-refractivity contribution < 1.29 is 9.53 Å². The number of carbonyl (C=O) groups excluding carboxylic acids is 1. The van der Waals surface area contributed by atoms with Gasteiger partial charge in [0.1, 0.15) is 11.6 Å². The van der Waals surface area contributed by atoms with Crippen LogP contribution in [0.3, 0.4) is 0 Å². The van der Waals surface area contributed by atoms with Crippen molar-refractivity contribution in [3.05, 3.63) is 39.8 Å². The summed E-state index contributed by atoms with van der Waals surface area (Å²) in [6, 6.07) is 5.51. The van der Waals surface area contributed by atoms with Gasteiger partial charge in [0.25, 0.3) is 5.56 Å². The van der Waals surface area contributed by atoms with Gasteiger partial charge in [-0.15, -0.1) is 0 Å². The molecule has 1 fully saturated rings. The Labute approximate surface area is 184 Å². The van der Waals surface area contributed by atoms with Crippen molar-refractivity contribution in [3.63, 3.8) is 0 Å². The average molecular weight is 427 g/mol. The Bertz CT molecular complexity index is 948. The highest BCUT2D eigenvalue weighted by Crippen LogP contribution is 2.31. The molecule has 168 valence electrons. The van der Waals surface area contributed by atoms with Crippen molar-refractivity contribution in [1.29, 1.82) is 0 Å². The number of nitrogens with zero attached hydrogens (tertiary/aromatic N) is 2. The second-order valence-electron chi connectivity index (χ2n) is 7.99. The van der Waals surface area contributed by atoms with Crippen LogP contribution in [0.15, 0.2) is 23.0 Å². The largest absolute Gasteiger partial charge is 0.493 e. The van der Waals surface area contributed by atoms with Gasteiger partial charge in [0.15, 0.2) is 0 Å². The molecule has 0 radical (unpaired) electrons. The fourth-order valence-corrected chi connectivity index (χ4v) is 3.98. The number of benzene rings is 1. The van der Waals surface area contributed by atoms with E-state index in [0.717, 1.165) is 38.0 Å². The Balaban J connectivity index is 1.89. The first kappa shape index (κ1) is 23.0. The molecular formula is C24H34N4O3. The molecule has 1 aliphatic heterocycles. The predicted octanol–water partition coefficient (Wildman–Crippen LogP) is 3.77. The van der Waals surface area contributed by atoms with Crippen molar-refractivity contribution in [2.75, 3.05) is 31.6 Å². The van der Waals surface area contributed by atoms with E-state index in [9.17, 15) is 9.59 Å². The van der Waals surface area contributed by atoms with Crippen LogP contribution >= 0.6 is 0 Å². The van der Waals surface area contributed by atoms with Gasteiger partial charge in [0.05, 0.1) is 24.4 Å². The maximum Gasteiger partial charge on any atom is 0.254 e. The Morgan fingerprint density at radius 3 is 2.61 bits per heavy atom. The number of aromatic amines is 1. The van der Waals surface area contributed by atoms with Gasteiger partial charge < -0.3 is 15.0 Å². The average Bonchev–Trinajstić information content (AvgIpc) is 2.78. The molecule has 2 N–H and O–H groups in total. The maximum atomic E-state index is 12.6. The quantitative estimate of drug-likeness (QED) is 0.637. The highest BCUT2D eigenvalue weighted by atomic mass is 16.5. The number of amides is 1. The topological polar surface area (TPSA) is 87.3 Å². The van der Waals surface area contributed by atoms with Gasteiger partial charge in [-0.3, -0.25) is 14.5 Å². The van der Waals surface area contributed by atoms with Crippen molar-refractivity contribution in [1.82, 2.24) is 14.9 Å². The summed E-state index contributed by atoms with van der Waals surface area (Å²) in [5.41, 5.74) is 2.74. The van der Waals surface area contributed by atoms with E-state index in [-0.39, 0.29) is 11.5 Å². The molecule has 1 saturated heterocycles. The maximum absolute atomic E-state index is 12.6. The molecule has 0 bridgehead atoms. The molecular weight excluding hydrogens is 392 g/mol. The summed E-state index contributed by atoms with van der Waals surface area (Å²) in [6.45, 7) is 8.89. The number of likely N-dealkylation sites (tertiary alicyclic amines) is 1. The molecule has 1 aromatic heterocycles. The van der Waals surface area contributed by atoms with Crippen LogP contribution in [0.1, 0.15) is 57.7 Å². The summed E-state index contributed by atoms with van der Waals surface area (Å²) in [5.74, 6) is 1.08. The van der Waals surface area contributed by atoms with Crippen molar-refractivity contribution >= 4 is 11.6 Å². The van der Waals surface area contributed by atoms with Crippen LogP contribution in [0.5, 0.6) is 5.75 Å². The standard InChI is InChI=1S/C24H34N4O3/c1-4-14-31-21-11-10-17(25-22(29)16-28-12-8-7-9-13-28)15-19(21)23-26-20(6-3)18(5-2)24(30)27-23/h10-11,15H,4-9,12-14,16H2,1-3H3,(H,25,29)(H,26,27,30). The number of ether oxygens (including phenoxy) is 1. The Morgan fingerprint density at radius 1 is 1.16 bits per heavy atom. The highest BCUT2D eigenvalue weighted by Gasteiger charge is 2.17. The molecule has 0 spiro atoms. The lowest BCUT2D eigenvalue weighted by molar-refractivity contribution is -0.117. The molecule has 1 aliphatic rings. The van der Waals surface area contributed by atoms with Crippen LogP contribution < -0.4 is 15.6 Å². The van der Waals surface area contributed by atoms with E-state index >= 15 is 0 Å². The first-order valence-electron chi connectivity index (χ1n) is 11.5. The van der Waals surface area contributed by atoms with E-state index < -0.39 is 0 Å². The van der Waals surface area contributed by atoms with Gasteiger partial charge in [-0.2, -0.15) is 0 Å². The zero-order valence-electron chi connectivity index (χ0n) is 18.9. The number of hydrogen-bond acceptors (Lipinski definition) is 5. The lowest BCUT2D eigenvalue weighted by atomic mass is 10.1. The van der Waals surface area contributed by atoms with Crippen LogP contribution in [0, 0.1) is 0 Å². The SMILES string of the molecule is CCCOc1ccc(NC(=O)CN2CCCCC2)cc1-c1nc(CC)c(CC)c(=O)[nH]1. The Hall–Kier alpha value is -2.67. The minimum Gasteiger partial charge on any atom is -0.493 e. The molecule has 31 heavy (non-hydrogen) atoms. The second-order valence-corrected chi connectivity index (χ2v) is 7.99. The first-order chi connectivity index (χ1) is 15.0. The Kier molecular flexibility index (Phi) is 8.23. The van der Waals surface area contributed by atoms with Gasteiger partial charge in [0, 0.05) is 11.3 Å². The first-order valence-corrected chi connectivity index (χ1v) is 11.5. The van der Waals surface area contributed by atoms with Crippen molar-refractivity contribution in [3.8, 4) is 17.1 Å². The zero-order valence-corrected chi connectivity index (χ0v) is 18.9. The molecule has 0 aliphatic carbocycles. The van der Waals surface area contributed by atoms with Gasteiger partial charge in [-0.05, 0) is 63.4 Å². The third-order valence-electron chi connectivity index (χ3n) is 5.59. The molecule has 2 aromatic rings. The fourth-order valence-electron chi connectivity index (χ4n) is 3.98. The molecule has 2 heterocycles. The summed E-state index contributed by atoms with van der Waals surface area (Å²) >= 11 is 0. The molecule has 0 atom stereocenters. The summed E-state index contributed by atoms with van der Waals surface area (Å²) in [7, 11) is 0. The molecule has 7 heteroatoms. The van der Waals surface area contributed by atoms with Crippen molar-refractivity contribution in [2.45, 2.75) is 59.3 Å². The number of carbonyl (C=O) groups is 1. The number of rotatable bonds is 9. The molecule has 0 saturated carbocycles. The minimum absolute atomic E-state index is 0.0351. The van der Waals surface area contributed by atoms with E-state index in [2.05, 4.69) is 15.2 Å². The number of hydrogen-bond donors (Lipinski definition) is 2. The highest BCUT2D eigenvalue weighted by molar-refractivity contribution is 5.93. The zero-order chi connectivity index (χ0) is 22.2. The van der Waals surface area contributed by atoms with E-state index in [1.165, 1.54) is 6.42 Å². The monoisotopic (exact) mass is 426 g/mol. The lowest BCUT2D eigenvalue weighted by Gasteiger charge is -2.25. The summed E-state index contributed by atoms with van der Waals surface area (Å²) in [4.78, 5) is 35.0. The van der Waals surface area contributed by atoms with E-state index in [0.29, 0.717) is 54.4 Å². The van der Waals surface area contributed by atoms with E-state index in [4.69, 9.17) is 9.72 Å². The molecule has 0 unspecified atom stereocenters. The normalized spacial score (nSPS) is 14.4. The second kappa shape index (κ2) is 11.1. The van der Waals surface area contributed by atoms with Crippen LogP contribution in [-0.2, 0) is 17.6 Å². The number of piperidine rings is 1. The summed E-state index contributed by atoms with van der Waals surface area (Å²) in [5, 5.41) is 2.99. The van der Waals surface area contributed by atoms with Crippen LogP contribution in [0.2, 0.25) is 0 Å². The lowest BCUT2D eigenvalue weighted by Crippen LogP contribution is -2.36. The number of anilines is 1. The van der Waals surface area contributed by atoms with Gasteiger partial charge in [-0.1, -0.05) is 27.2 Å². The number of H-pyrrole nitrogens is 1. The Morgan fingerprint density at radius 2 is 1.94 bits per heavy atom. The molecule has 7 nitrogen and oxygen atoms in total. The number of aryl methyl sites for hydroxylation is 1. The van der Waals surface area contributed by atoms with Crippen molar-refractivity contribution in [2.24, 2.45) is 0 Å². The van der Waals surface area contributed by atoms with Crippen LogP contribution in [-0.4, -0.2) is 47.0 Å². The van der Waals surface area contributed by atoms with Gasteiger partial charge in [0.2, 0.25) is 5.91 Å². The molecule has 1 aromatic carbocycles. The molecule has 3 rings (SSSR count).